The number of nitro groups is 1. The van der Waals surface area contributed by atoms with Gasteiger partial charge in [0.15, 0.2) is 0 Å². The van der Waals surface area contributed by atoms with Gasteiger partial charge in [-0.1, -0.05) is 32.0 Å². The first-order valence-corrected chi connectivity index (χ1v) is 8.04. The van der Waals surface area contributed by atoms with Crippen LogP contribution in [0.5, 0.6) is 0 Å². The van der Waals surface area contributed by atoms with Crippen LogP contribution in [0.3, 0.4) is 0 Å². The van der Waals surface area contributed by atoms with E-state index in [-0.39, 0.29) is 10.6 Å². The molecule has 0 spiro atoms. The van der Waals surface area contributed by atoms with Crippen molar-refractivity contribution in [2.24, 2.45) is 0 Å². The van der Waals surface area contributed by atoms with Crippen LogP contribution in [-0.4, -0.2) is 4.92 Å². The van der Waals surface area contributed by atoms with Gasteiger partial charge in [-0.05, 0) is 24.3 Å². The monoisotopic (exact) mass is 325 g/mol. The molecule has 3 rings (SSSR count). The molecule has 0 saturated carbocycles. The molecule has 0 fully saturated rings. The summed E-state index contributed by atoms with van der Waals surface area (Å²) in [6.45, 7) is 4.01. The normalized spacial score (nSPS) is 11.1. The zero-order valence-corrected chi connectivity index (χ0v) is 13.7. The van der Waals surface area contributed by atoms with Gasteiger partial charge < -0.3 is 8.83 Å². The van der Waals surface area contributed by atoms with Crippen LogP contribution in [0.4, 0.5) is 5.69 Å². The molecule has 2 heterocycles. The van der Waals surface area contributed by atoms with Gasteiger partial charge in [0, 0.05) is 24.5 Å². The number of rotatable bonds is 6. The average molecular weight is 325 g/mol. The number of nitro benzene ring substituents is 1. The van der Waals surface area contributed by atoms with E-state index >= 15 is 0 Å². The van der Waals surface area contributed by atoms with Crippen molar-refractivity contribution < 1.29 is 13.8 Å². The van der Waals surface area contributed by atoms with Gasteiger partial charge in [-0.25, -0.2) is 0 Å². The summed E-state index contributed by atoms with van der Waals surface area (Å²) >= 11 is 0. The highest BCUT2D eigenvalue weighted by Crippen LogP contribution is 2.38. The molecule has 0 unspecified atom stereocenters. The summed E-state index contributed by atoms with van der Waals surface area (Å²) in [5.41, 5.74) is 0.628. The van der Waals surface area contributed by atoms with Gasteiger partial charge >= 0.3 is 0 Å². The highest BCUT2D eigenvalue weighted by molar-refractivity contribution is 5.49. The first-order chi connectivity index (χ1) is 11.6. The molecule has 0 atom stereocenters. The summed E-state index contributed by atoms with van der Waals surface area (Å²) in [4.78, 5) is 11.1. The van der Waals surface area contributed by atoms with Crippen molar-refractivity contribution in [1.29, 1.82) is 0 Å². The summed E-state index contributed by atoms with van der Waals surface area (Å²) in [5, 5.41) is 11.5. The topological polar surface area (TPSA) is 69.4 Å². The van der Waals surface area contributed by atoms with E-state index in [0.29, 0.717) is 17.1 Å². The third-order valence-electron chi connectivity index (χ3n) is 4.08. The molecular weight excluding hydrogens is 306 g/mol. The summed E-state index contributed by atoms with van der Waals surface area (Å²) < 4.78 is 11.8. The molecule has 0 N–H and O–H groups in total. The second-order valence-electron chi connectivity index (χ2n) is 5.56. The van der Waals surface area contributed by atoms with Crippen LogP contribution in [0.25, 0.3) is 0 Å². The average Bonchev–Trinajstić information content (AvgIpc) is 3.25. The lowest BCUT2D eigenvalue weighted by Crippen LogP contribution is -2.05. The third kappa shape index (κ3) is 2.97. The number of aryl methyl sites for hydroxylation is 2. The van der Waals surface area contributed by atoms with E-state index < -0.39 is 5.92 Å². The summed E-state index contributed by atoms with van der Waals surface area (Å²) in [6, 6.07) is 14.3. The van der Waals surface area contributed by atoms with Gasteiger partial charge in [0.2, 0.25) is 0 Å². The smallest absolute Gasteiger partial charge is 0.273 e. The van der Waals surface area contributed by atoms with E-state index in [4.69, 9.17) is 8.83 Å². The van der Waals surface area contributed by atoms with E-state index in [1.807, 2.05) is 38.1 Å². The Morgan fingerprint density at radius 3 is 1.92 bits per heavy atom. The molecule has 0 aliphatic heterocycles. The van der Waals surface area contributed by atoms with E-state index in [0.717, 1.165) is 24.4 Å². The van der Waals surface area contributed by atoms with Crippen molar-refractivity contribution in [1.82, 2.24) is 0 Å². The number of benzene rings is 1. The molecule has 0 amide bonds. The van der Waals surface area contributed by atoms with Crippen LogP contribution in [0, 0.1) is 10.1 Å². The number of furan rings is 2. The Morgan fingerprint density at radius 2 is 1.46 bits per heavy atom. The quantitative estimate of drug-likeness (QED) is 0.468. The van der Waals surface area contributed by atoms with E-state index in [1.54, 1.807) is 18.2 Å². The molecule has 5 nitrogen and oxygen atoms in total. The molecule has 1 aromatic carbocycles. The molecule has 0 aliphatic carbocycles. The van der Waals surface area contributed by atoms with Gasteiger partial charge in [0.25, 0.3) is 5.69 Å². The fourth-order valence-electron chi connectivity index (χ4n) is 2.82. The van der Waals surface area contributed by atoms with E-state index in [9.17, 15) is 10.1 Å². The standard InChI is InChI=1S/C19H19NO4/c1-3-13-9-11-17(23-13)19(18-12-10-14(4-2)24-18)15-7-5-6-8-16(15)20(21)22/h5-12,19H,3-4H2,1-2H3. The van der Waals surface area contributed by atoms with Crippen LogP contribution in [-0.2, 0) is 12.8 Å². The second-order valence-corrected chi connectivity index (χ2v) is 5.56. The fraction of sp³-hybridized carbons (Fsp3) is 0.263. The van der Waals surface area contributed by atoms with Gasteiger partial charge in [-0.2, -0.15) is 0 Å². The number of hydrogen-bond acceptors (Lipinski definition) is 4. The first-order valence-electron chi connectivity index (χ1n) is 8.04. The van der Waals surface area contributed by atoms with Gasteiger partial charge in [-0.15, -0.1) is 0 Å². The minimum absolute atomic E-state index is 0.0615. The lowest BCUT2D eigenvalue weighted by molar-refractivity contribution is -0.385. The predicted octanol–water partition coefficient (Wildman–Crippen LogP) is 5.09. The third-order valence-corrected chi connectivity index (χ3v) is 4.08. The molecule has 0 bridgehead atoms. The fourth-order valence-corrected chi connectivity index (χ4v) is 2.82. The molecule has 2 aromatic heterocycles. The maximum absolute atomic E-state index is 11.5. The van der Waals surface area contributed by atoms with Crippen molar-refractivity contribution in [2.45, 2.75) is 32.6 Å². The lowest BCUT2D eigenvalue weighted by Gasteiger charge is -2.13. The van der Waals surface area contributed by atoms with E-state index in [1.165, 1.54) is 6.07 Å². The van der Waals surface area contributed by atoms with Crippen LogP contribution in [0.2, 0.25) is 0 Å². The van der Waals surface area contributed by atoms with Crippen molar-refractivity contribution in [3.63, 3.8) is 0 Å². The second kappa shape index (κ2) is 6.74. The highest BCUT2D eigenvalue weighted by Gasteiger charge is 2.29. The molecular formula is C19H19NO4. The van der Waals surface area contributed by atoms with Crippen molar-refractivity contribution in [3.8, 4) is 0 Å². The highest BCUT2D eigenvalue weighted by atomic mass is 16.6. The molecule has 3 aromatic rings. The van der Waals surface area contributed by atoms with Crippen molar-refractivity contribution >= 4 is 5.69 Å². The predicted molar refractivity (Wildman–Crippen MR) is 90.2 cm³/mol. The number of hydrogen-bond donors (Lipinski definition) is 0. The van der Waals surface area contributed by atoms with Crippen LogP contribution in [0.1, 0.15) is 48.4 Å². The van der Waals surface area contributed by atoms with Gasteiger partial charge in [-0.3, -0.25) is 10.1 Å². The summed E-state index contributed by atoms with van der Waals surface area (Å²) in [6.07, 6.45) is 1.53. The molecule has 124 valence electrons. The Bertz CT molecular complexity index is 804. The Kier molecular flexibility index (Phi) is 4.51. The first kappa shape index (κ1) is 16.1. The molecule has 24 heavy (non-hydrogen) atoms. The SMILES string of the molecule is CCc1ccc(C(c2ccc(CC)o2)c2ccccc2[N+](=O)[O-])o1. The zero-order valence-electron chi connectivity index (χ0n) is 13.7. The minimum atomic E-state index is -0.438. The van der Waals surface area contributed by atoms with Crippen molar-refractivity contribution in [2.75, 3.05) is 0 Å². The molecule has 0 radical (unpaired) electrons. The van der Waals surface area contributed by atoms with Crippen molar-refractivity contribution in [3.05, 3.63) is 87.2 Å². The van der Waals surface area contributed by atoms with Gasteiger partial charge in [0.05, 0.1) is 4.92 Å². The maximum atomic E-state index is 11.5. The minimum Gasteiger partial charge on any atom is -0.465 e. The Morgan fingerprint density at radius 1 is 0.917 bits per heavy atom. The largest absolute Gasteiger partial charge is 0.465 e. The summed E-state index contributed by atoms with van der Waals surface area (Å²) in [5.74, 6) is 2.55. The zero-order chi connectivity index (χ0) is 17.1. The molecule has 5 heteroatoms. The Labute approximate surface area is 140 Å². The lowest BCUT2D eigenvalue weighted by atomic mass is 9.92. The summed E-state index contributed by atoms with van der Waals surface area (Å²) in [7, 11) is 0. The molecule has 0 aliphatic rings. The number of para-hydroxylation sites is 1. The van der Waals surface area contributed by atoms with E-state index in [2.05, 4.69) is 0 Å². The maximum Gasteiger partial charge on any atom is 0.273 e. The van der Waals surface area contributed by atoms with Crippen LogP contribution in [0.15, 0.2) is 57.4 Å². The van der Waals surface area contributed by atoms with Gasteiger partial charge in [0.1, 0.15) is 29.0 Å². The van der Waals surface area contributed by atoms with Crippen LogP contribution < -0.4 is 0 Å². The van der Waals surface area contributed by atoms with Crippen LogP contribution >= 0.6 is 0 Å². The Hall–Kier alpha value is -2.82. The number of nitrogens with zero attached hydrogens (tertiary/aromatic N) is 1. The Balaban J connectivity index is 2.17. The molecule has 0 saturated heterocycles.